The lowest BCUT2D eigenvalue weighted by Gasteiger charge is -2.26. The fraction of sp³-hybridized carbons (Fsp3) is 0.625. The lowest BCUT2D eigenvalue weighted by molar-refractivity contribution is 0.0371. The van der Waals surface area contributed by atoms with E-state index in [1.807, 2.05) is 0 Å². The van der Waals surface area contributed by atoms with Crippen LogP contribution in [0.5, 0.6) is 11.5 Å². The molecule has 0 radical (unpaired) electrons. The van der Waals surface area contributed by atoms with Crippen LogP contribution < -0.4 is 4.74 Å². The molecular formula is C16H25NO3. The summed E-state index contributed by atoms with van der Waals surface area (Å²) < 4.78 is 11.0. The Labute approximate surface area is 121 Å². The molecule has 0 spiro atoms. The smallest absolute Gasteiger partial charge is 0.119 e. The fourth-order valence-electron chi connectivity index (χ4n) is 2.35. The van der Waals surface area contributed by atoms with Gasteiger partial charge in [-0.2, -0.15) is 0 Å². The third-order valence-corrected chi connectivity index (χ3v) is 3.58. The Morgan fingerprint density at radius 3 is 2.45 bits per heavy atom. The summed E-state index contributed by atoms with van der Waals surface area (Å²) in [4.78, 5) is 2.48. The molecular weight excluding hydrogens is 254 g/mol. The lowest BCUT2D eigenvalue weighted by Crippen LogP contribution is -2.36. The van der Waals surface area contributed by atoms with Crippen molar-refractivity contribution >= 4 is 0 Å². The minimum atomic E-state index is 0.278. The van der Waals surface area contributed by atoms with Crippen LogP contribution in [0.15, 0.2) is 24.3 Å². The molecule has 0 saturated carbocycles. The average Bonchev–Trinajstić information content (AvgIpc) is 2.49. The van der Waals surface area contributed by atoms with E-state index in [1.54, 1.807) is 24.3 Å². The van der Waals surface area contributed by atoms with Crippen LogP contribution >= 0.6 is 0 Å². The van der Waals surface area contributed by atoms with Crippen LogP contribution in [0.3, 0.4) is 0 Å². The van der Waals surface area contributed by atoms with Gasteiger partial charge in [0.2, 0.25) is 0 Å². The zero-order valence-corrected chi connectivity index (χ0v) is 12.1. The summed E-state index contributed by atoms with van der Waals surface area (Å²) in [6.07, 6.45) is 4.82. The summed E-state index contributed by atoms with van der Waals surface area (Å²) in [5, 5.41) is 9.17. The number of unbranched alkanes of at least 4 members (excludes halogenated alkanes) is 3. The number of rotatable bonds is 8. The second-order valence-corrected chi connectivity index (χ2v) is 5.21. The number of morpholine rings is 1. The Kier molecular flexibility index (Phi) is 6.68. The molecule has 0 aromatic heterocycles. The van der Waals surface area contributed by atoms with Gasteiger partial charge in [-0.05, 0) is 43.7 Å². The number of benzene rings is 1. The SMILES string of the molecule is Oc1ccc(OCCCCCCN2CCOCC2)cc1. The van der Waals surface area contributed by atoms with Gasteiger partial charge in [-0.1, -0.05) is 12.8 Å². The number of phenols is 1. The number of phenolic OH excluding ortho intramolecular Hbond substituents is 1. The van der Waals surface area contributed by atoms with E-state index in [0.717, 1.165) is 45.1 Å². The van der Waals surface area contributed by atoms with Crippen molar-refractivity contribution in [1.82, 2.24) is 4.90 Å². The van der Waals surface area contributed by atoms with E-state index in [1.165, 1.54) is 25.8 Å². The highest BCUT2D eigenvalue weighted by molar-refractivity contribution is 5.29. The molecule has 1 heterocycles. The van der Waals surface area contributed by atoms with Crippen molar-refractivity contribution in [2.45, 2.75) is 25.7 Å². The molecule has 0 atom stereocenters. The van der Waals surface area contributed by atoms with E-state index in [-0.39, 0.29) is 5.75 Å². The third-order valence-electron chi connectivity index (χ3n) is 3.58. The molecule has 4 nitrogen and oxygen atoms in total. The van der Waals surface area contributed by atoms with Crippen molar-refractivity contribution < 1.29 is 14.6 Å². The molecule has 1 fully saturated rings. The average molecular weight is 279 g/mol. The Bertz CT molecular complexity index is 360. The fourth-order valence-corrected chi connectivity index (χ4v) is 2.35. The first kappa shape index (κ1) is 15.1. The van der Waals surface area contributed by atoms with E-state index in [2.05, 4.69) is 4.90 Å². The molecule has 0 amide bonds. The molecule has 0 unspecified atom stereocenters. The van der Waals surface area contributed by atoms with Crippen molar-refractivity contribution in [2.75, 3.05) is 39.5 Å². The van der Waals surface area contributed by atoms with Crippen molar-refractivity contribution in [3.8, 4) is 11.5 Å². The maximum atomic E-state index is 9.17. The van der Waals surface area contributed by atoms with Gasteiger partial charge in [0.25, 0.3) is 0 Å². The summed E-state index contributed by atoms with van der Waals surface area (Å²) in [6, 6.07) is 6.90. The van der Waals surface area contributed by atoms with Crippen molar-refractivity contribution in [1.29, 1.82) is 0 Å². The van der Waals surface area contributed by atoms with Crippen LogP contribution in [0, 0.1) is 0 Å². The molecule has 1 aliphatic heterocycles. The normalized spacial score (nSPS) is 16.2. The van der Waals surface area contributed by atoms with E-state index < -0.39 is 0 Å². The molecule has 1 saturated heterocycles. The van der Waals surface area contributed by atoms with Gasteiger partial charge in [-0.3, -0.25) is 4.90 Å². The van der Waals surface area contributed by atoms with Gasteiger partial charge >= 0.3 is 0 Å². The monoisotopic (exact) mass is 279 g/mol. The molecule has 1 aromatic rings. The van der Waals surface area contributed by atoms with Gasteiger partial charge in [-0.25, -0.2) is 0 Å². The van der Waals surface area contributed by atoms with Gasteiger partial charge in [-0.15, -0.1) is 0 Å². The minimum Gasteiger partial charge on any atom is -0.508 e. The van der Waals surface area contributed by atoms with Crippen molar-refractivity contribution in [3.05, 3.63) is 24.3 Å². The standard InChI is InChI=1S/C16H25NO3/c18-15-5-7-16(8-6-15)20-12-4-2-1-3-9-17-10-13-19-14-11-17/h5-8,18H,1-4,9-14H2. The van der Waals surface area contributed by atoms with Gasteiger partial charge in [0, 0.05) is 13.1 Å². The Morgan fingerprint density at radius 2 is 1.70 bits per heavy atom. The molecule has 2 rings (SSSR count). The highest BCUT2D eigenvalue weighted by Gasteiger charge is 2.08. The lowest BCUT2D eigenvalue weighted by atomic mass is 10.2. The molecule has 0 aliphatic carbocycles. The van der Waals surface area contributed by atoms with E-state index in [9.17, 15) is 0 Å². The summed E-state index contributed by atoms with van der Waals surface area (Å²) in [7, 11) is 0. The molecule has 1 N–H and O–H groups in total. The third kappa shape index (κ3) is 5.80. The first-order chi connectivity index (χ1) is 9.84. The van der Waals surface area contributed by atoms with Gasteiger partial charge in [0.15, 0.2) is 0 Å². The number of aromatic hydroxyl groups is 1. The van der Waals surface area contributed by atoms with Crippen LogP contribution in [-0.2, 0) is 4.74 Å². The Morgan fingerprint density at radius 1 is 1.00 bits per heavy atom. The molecule has 4 heteroatoms. The van der Waals surface area contributed by atoms with Gasteiger partial charge in [0.1, 0.15) is 11.5 Å². The topological polar surface area (TPSA) is 41.9 Å². The second kappa shape index (κ2) is 8.82. The van der Waals surface area contributed by atoms with Crippen molar-refractivity contribution in [3.63, 3.8) is 0 Å². The molecule has 1 aliphatic rings. The van der Waals surface area contributed by atoms with Crippen LogP contribution in [0.4, 0.5) is 0 Å². The minimum absolute atomic E-state index is 0.278. The van der Waals surface area contributed by atoms with E-state index in [4.69, 9.17) is 14.6 Å². The van der Waals surface area contributed by atoms with E-state index in [0.29, 0.717) is 0 Å². The Hall–Kier alpha value is -1.26. The van der Waals surface area contributed by atoms with Crippen LogP contribution in [0.1, 0.15) is 25.7 Å². The highest BCUT2D eigenvalue weighted by Crippen LogP contribution is 2.16. The predicted octanol–water partition coefficient (Wildman–Crippen LogP) is 2.66. The summed E-state index contributed by atoms with van der Waals surface area (Å²) in [6.45, 7) is 5.90. The number of hydrogen-bond acceptors (Lipinski definition) is 4. The van der Waals surface area contributed by atoms with Crippen molar-refractivity contribution in [2.24, 2.45) is 0 Å². The van der Waals surface area contributed by atoms with Gasteiger partial charge in [0.05, 0.1) is 19.8 Å². The molecule has 0 bridgehead atoms. The van der Waals surface area contributed by atoms with Crippen LogP contribution in [-0.4, -0.2) is 49.5 Å². The zero-order chi connectivity index (χ0) is 14.0. The quantitative estimate of drug-likeness (QED) is 0.743. The number of nitrogens with zero attached hydrogens (tertiary/aromatic N) is 1. The highest BCUT2D eigenvalue weighted by atomic mass is 16.5. The zero-order valence-electron chi connectivity index (χ0n) is 12.1. The Balaban J connectivity index is 1.44. The maximum Gasteiger partial charge on any atom is 0.119 e. The predicted molar refractivity (Wildman–Crippen MR) is 79.3 cm³/mol. The molecule has 20 heavy (non-hydrogen) atoms. The number of hydrogen-bond donors (Lipinski definition) is 1. The molecule has 112 valence electrons. The number of ether oxygens (including phenoxy) is 2. The first-order valence-electron chi connectivity index (χ1n) is 7.56. The van der Waals surface area contributed by atoms with Crippen LogP contribution in [0.2, 0.25) is 0 Å². The largest absolute Gasteiger partial charge is 0.508 e. The summed E-state index contributed by atoms with van der Waals surface area (Å²) >= 11 is 0. The van der Waals surface area contributed by atoms with Crippen LogP contribution in [0.25, 0.3) is 0 Å². The maximum absolute atomic E-state index is 9.17. The summed E-state index contributed by atoms with van der Waals surface area (Å²) in [5.74, 6) is 1.11. The first-order valence-corrected chi connectivity index (χ1v) is 7.56. The summed E-state index contributed by atoms with van der Waals surface area (Å²) in [5.41, 5.74) is 0. The second-order valence-electron chi connectivity index (χ2n) is 5.21. The van der Waals surface area contributed by atoms with Gasteiger partial charge < -0.3 is 14.6 Å². The molecule has 1 aromatic carbocycles. The van der Waals surface area contributed by atoms with E-state index >= 15 is 0 Å².